The molecule has 4 rings (SSSR count). The van der Waals surface area contributed by atoms with E-state index in [9.17, 15) is 4.79 Å². The number of anilines is 1. The van der Waals surface area contributed by atoms with Crippen LogP contribution in [0, 0.1) is 13.8 Å². The van der Waals surface area contributed by atoms with Crippen LogP contribution < -0.4 is 19.5 Å². The zero-order chi connectivity index (χ0) is 19.5. The molecule has 0 saturated carbocycles. The van der Waals surface area contributed by atoms with Crippen LogP contribution in [0.3, 0.4) is 0 Å². The maximum absolute atomic E-state index is 12.3. The Labute approximate surface area is 167 Å². The molecule has 0 radical (unpaired) electrons. The summed E-state index contributed by atoms with van der Waals surface area (Å²) in [5.74, 6) is 2.01. The highest BCUT2D eigenvalue weighted by Gasteiger charge is 2.15. The molecule has 28 heavy (non-hydrogen) atoms. The number of aryl methyl sites for hydroxylation is 2. The minimum Gasteiger partial charge on any atom is -0.486 e. The van der Waals surface area contributed by atoms with Crippen LogP contribution in [0.15, 0.2) is 41.8 Å². The van der Waals surface area contributed by atoms with E-state index in [1.165, 1.54) is 22.5 Å². The standard InChI is InChI=1S/C21H20N2O4S/c1-13-3-5-17(7-14(13)2)25-10-21-23-16(11-28-21)9-20(24)22-15-4-6-18-19(8-15)27-12-26-18/h3-8,11H,9-10,12H2,1-2H3,(H,22,24). The average Bonchev–Trinajstić information content (AvgIpc) is 3.31. The molecule has 0 unspecified atom stereocenters. The van der Waals surface area contributed by atoms with Gasteiger partial charge in [0.1, 0.15) is 17.4 Å². The molecule has 1 amide bonds. The summed E-state index contributed by atoms with van der Waals surface area (Å²) in [7, 11) is 0. The second-order valence-electron chi connectivity index (χ2n) is 6.56. The molecule has 1 aliphatic rings. The highest BCUT2D eigenvalue weighted by atomic mass is 32.1. The number of hydrogen-bond acceptors (Lipinski definition) is 6. The number of nitrogens with zero attached hydrogens (tertiary/aromatic N) is 1. The number of fused-ring (bicyclic) bond motifs is 1. The lowest BCUT2D eigenvalue weighted by Crippen LogP contribution is -2.14. The molecule has 144 valence electrons. The van der Waals surface area contributed by atoms with Crippen molar-refractivity contribution < 1.29 is 19.0 Å². The van der Waals surface area contributed by atoms with Gasteiger partial charge in [-0.1, -0.05) is 6.07 Å². The fourth-order valence-corrected chi connectivity index (χ4v) is 3.49. The minimum absolute atomic E-state index is 0.134. The lowest BCUT2D eigenvalue weighted by atomic mass is 10.1. The number of aromatic nitrogens is 1. The number of rotatable bonds is 6. The monoisotopic (exact) mass is 396 g/mol. The van der Waals surface area contributed by atoms with Gasteiger partial charge in [0.25, 0.3) is 0 Å². The van der Waals surface area contributed by atoms with E-state index >= 15 is 0 Å². The summed E-state index contributed by atoms with van der Waals surface area (Å²) < 4.78 is 16.4. The Bertz CT molecular complexity index is 1020. The van der Waals surface area contributed by atoms with Gasteiger partial charge in [0.05, 0.1) is 12.1 Å². The highest BCUT2D eigenvalue weighted by Crippen LogP contribution is 2.34. The van der Waals surface area contributed by atoms with Gasteiger partial charge in [0.2, 0.25) is 12.7 Å². The zero-order valence-corrected chi connectivity index (χ0v) is 16.5. The fourth-order valence-electron chi connectivity index (χ4n) is 2.79. The smallest absolute Gasteiger partial charge is 0.231 e. The summed E-state index contributed by atoms with van der Waals surface area (Å²) in [6.07, 6.45) is 0.203. The number of ether oxygens (including phenoxy) is 3. The van der Waals surface area contributed by atoms with Crippen molar-refractivity contribution in [2.75, 3.05) is 12.1 Å². The molecule has 7 heteroatoms. The van der Waals surface area contributed by atoms with E-state index in [0.29, 0.717) is 23.8 Å². The van der Waals surface area contributed by atoms with Crippen molar-refractivity contribution in [3.8, 4) is 17.2 Å². The van der Waals surface area contributed by atoms with E-state index < -0.39 is 0 Å². The molecule has 3 aromatic rings. The third kappa shape index (κ3) is 4.26. The summed E-state index contributed by atoms with van der Waals surface area (Å²) in [5.41, 5.74) is 3.82. The first-order valence-electron chi connectivity index (χ1n) is 8.89. The molecule has 0 spiro atoms. The number of carbonyl (C=O) groups is 1. The third-order valence-corrected chi connectivity index (χ3v) is 5.31. The topological polar surface area (TPSA) is 69.7 Å². The van der Waals surface area contributed by atoms with Crippen LogP contribution in [-0.4, -0.2) is 17.7 Å². The van der Waals surface area contributed by atoms with Gasteiger partial charge in [-0.25, -0.2) is 4.98 Å². The summed E-state index contributed by atoms with van der Waals surface area (Å²) in [5, 5.41) is 5.58. The number of carbonyl (C=O) groups excluding carboxylic acids is 1. The van der Waals surface area contributed by atoms with Crippen LogP contribution in [0.5, 0.6) is 17.2 Å². The second kappa shape index (κ2) is 7.90. The van der Waals surface area contributed by atoms with Crippen LogP contribution in [0.1, 0.15) is 21.8 Å². The Morgan fingerprint density at radius 2 is 2.00 bits per heavy atom. The molecule has 0 saturated heterocycles. The number of thiazole rings is 1. The van der Waals surface area contributed by atoms with E-state index in [4.69, 9.17) is 14.2 Å². The van der Waals surface area contributed by atoms with E-state index in [2.05, 4.69) is 24.1 Å². The van der Waals surface area contributed by atoms with E-state index in [1.54, 1.807) is 18.2 Å². The van der Waals surface area contributed by atoms with Crippen LogP contribution in [0.2, 0.25) is 0 Å². The van der Waals surface area contributed by atoms with Crippen LogP contribution >= 0.6 is 11.3 Å². The first kappa shape index (κ1) is 18.3. The molecule has 2 heterocycles. The Hall–Kier alpha value is -3.06. The van der Waals surface area contributed by atoms with Gasteiger partial charge >= 0.3 is 0 Å². The Balaban J connectivity index is 1.31. The molecule has 2 aromatic carbocycles. The van der Waals surface area contributed by atoms with Gasteiger partial charge < -0.3 is 19.5 Å². The molecular formula is C21H20N2O4S. The summed E-state index contributed by atoms with van der Waals surface area (Å²) in [4.78, 5) is 16.8. The first-order valence-corrected chi connectivity index (χ1v) is 9.77. The molecule has 1 N–H and O–H groups in total. The predicted octanol–water partition coefficient (Wildman–Crippen LogP) is 4.25. The summed E-state index contributed by atoms with van der Waals surface area (Å²) >= 11 is 1.49. The lowest BCUT2D eigenvalue weighted by molar-refractivity contribution is -0.115. The number of amides is 1. The van der Waals surface area contributed by atoms with E-state index in [0.717, 1.165) is 16.5 Å². The molecular weight excluding hydrogens is 376 g/mol. The second-order valence-corrected chi connectivity index (χ2v) is 7.50. The molecule has 1 aromatic heterocycles. The number of benzene rings is 2. The van der Waals surface area contributed by atoms with Crippen LogP contribution in [-0.2, 0) is 17.8 Å². The highest BCUT2D eigenvalue weighted by molar-refractivity contribution is 7.09. The van der Waals surface area contributed by atoms with Crippen molar-refractivity contribution in [2.45, 2.75) is 26.9 Å². The van der Waals surface area contributed by atoms with Gasteiger partial charge in [-0.15, -0.1) is 11.3 Å². The van der Waals surface area contributed by atoms with Gasteiger partial charge in [-0.3, -0.25) is 4.79 Å². The fraction of sp³-hybridized carbons (Fsp3) is 0.238. The van der Waals surface area contributed by atoms with Gasteiger partial charge in [-0.05, 0) is 49.2 Å². The van der Waals surface area contributed by atoms with Crippen LogP contribution in [0.25, 0.3) is 0 Å². The molecule has 0 aliphatic carbocycles. The minimum atomic E-state index is -0.134. The van der Waals surface area contributed by atoms with Gasteiger partial charge in [0.15, 0.2) is 11.5 Å². The quantitative estimate of drug-likeness (QED) is 0.675. The maximum Gasteiger partial charge on any atom is 0.231 e. The summed E-state index contributed by atoms with van der Waals surface area (Å²) in [6.45, 7) is 4.72. The third-order valence-electron chi connectivity index (χ3n) is 4.44. The lowest BCUT2D eigenvalue weighted by Gasteiger charge is -2.06. The number of nitrogens with one attached hydrogen (secondary N) is 1. The Morgan fingerprint density at radius 1 is 1.14 bits per heavy atom. The van der Waals surface area contributed by atoms with Crippen molar-refractivity contribution in [2.24, 2.45) is 0 Å². The normalized spacial score (nSPS) is 12.1. The van der Waals surface area contributed by atoms with Crippen molar-refractivity contribution >= 4 is 22.9 Å². The molecule has 6 nitrogen and oxygen atoms in total. The first-order chi connectivity index (χ1) is 13.6. The maximum atomic E-state index is 12.3. The van der Waals surface area contributed by atoms with Crippen molar-refractivity contribution in [3.05, 3.63) is 63.6 Å². The van der Waals surface area contributed by atoms with Crippen molar-refractivity contribution in [1.29, 1.82) is 0 Å². The summed E-state index contributed by atoms with van der Waals surface area (Å²) in [6, 6.07) is 11.3. The van der Waals surface area contributed by atoms with E-state index in [-0.39, 0.29) is 19.1 Å². The van der Waals surface area contributed by atoms with E-state index in [1.807, 2.05) is 23.6 Å². The Morgan fingerprint density at radius 3 is 2.86 bits per heavy atom. The SMILES string of the molecule is Cc1ccc(OCc2nc(CC(=O)Nc3ccc4c(c3)OCO4)cs2)cc1C. The van der Waals surface area contributed by atoms with Gasteiger partial charge in [0, 0.05) is 17.1 Å². The molecule has 0 bridgehead atoms. The predicted molar refractivity (Wildman–Crippen MR) is 107 cm³/mol. The van der Waals surface area contributed by atoms with Crippen molar-refractivity contribution in [1.82, 2.24) is 4.98 Å². The molecule has 1 aliphatic heterocycles. The van der Waals surface area contributed by atoms with Gasteiger partial charge in [-0.2, -0.15) is 0 Å². The van der Waals surface area contributed by atoms with Crippen LogP contribution in [0.4, 0.5) is 5.69 Å². The van der Waals surface area contributed by atoms with Crippen molar-refractivity contribution in [3.63, 3.8) is 0 Å². The average molecular weight is 396 g/mol. The molecule has 0 fully saturated rings. The number of hydrogen-bond donors (Lipinski definition) is 1. The molecule has 0 atom stereocenters. The Kier molecular flexibility index (Phi) is 5.16. The largest absolute Gasteiger partial charge is 0.486 e. The zero-order valence-electron chi connectivity index (χ0n) is 15.7.